The van der Waals surface area contributed by atoms with Crippen LogP contribution in [0.4, 0.5) is 0 Å². The molecule has 0 saturated heterocycles. The van der Waals surface area contributed by atoms with E-state index < -0.39 is 0 Å². The van der Waals surface area contributed by atoms with Gasteiger partial charge in [0.2, 0.25) is 0 Å². The van der Waals surface area contributed by atoms with Gasteiger partial charge in [0.15, 0.2) is 0 Å². The van der Waals surface area contributed by atoms with E-state index in [2.05, 4.69) is 0 Å². The molecule has 0 aromatic heterocycles. The first-order valence-corrected chi connectivity index (χ1v) is 5.80. The van der Waals surface area contributed by atoms with Crippen molar-refractivity contribution in [3.8, 4) is 0 Å². The molecule has 4 fully saturated rings. The van der Waals surface area contributed by atoms with Crippen molar-refractivity contribution >= 4 is 6.29 Å². The second-order valence-electron chi connectivity index (χ2n) is 5.50. The molecule has 0 atom stereocenters. The average molecular weight is 178 g/mol. The van der Waals surface area contributed by atoms with Crippen molar-refractivity contribution < 1.29 is 4.79 Å². The molecule has 0 radical (unpaired) electrons. The van der Waals surface area contributed by atoms with Gasteiger partial charge in [-0.15, -0.1) is 0 Å². The van der Waals surface area contributed by atoms with E-state index >= 15 is 0 Å². The van der Waals surface area contributed by atoms with E-state index in [0.29, 0.717) is 0 Å². The van der Waals surface area contributed by atoms with Gasteiger partial charge in [-0.05, 0) is 61.7 Å². The standard InChI is InChI=1S/C12H18O/c13-2-1-12-10-4-8-3-9(6-10)7-11(12)5-8/h2,8-12H,1,3-7H2. The number of hydrogen-bond donors (Lipinski definition) is 0. The van der Waals surface area contributed by atoms with Gasteiger partial charge in [0, 0.05) is 6.42 Å². The molecule has 4 aliphatic carbocycles. The summed E-state index contributed by atoms with van der Waals surface area (Å²) in [6.45, 7) is 0. The molecule has 4 saturated carbocycles. The van der Waals surface area contributed by atoms with Crippen LogP contribution in [0.1, 0.15) is 38.5 Å². The zero-order valence-corrected chi connectivity index (χ0v) is 8.11. The minimum atomic E-state index is 0.783. The predicted molar refractivity (Wildman–Crippen MR) is 51.2 cm³/mol. The molecule has 1 nitrogen and oxygen atoms in total. The predicted octanol–water partition coefficient (Wildman–Crippen LogP) is 2.65. The first kappa shape index (κ1) is 8.02. The van der Waals surface area contributed by atoms with Crippen molar-refractivity contribution in [1.82, 2.24) is 0 Å². The van der Waals surface area contributed by atoms with Crippen LogP contribution in [0.5, 0.6) is 0 Å². The number of carbonyl (C=O) groups is 1. The minimum absolute atomic E-state index is 0.783. The lowest BCUT2D eigenvalue weighted by molar-refractivity contribution is -0.112. The molecular formula is C12H18O. The minimum Gasteiger partial charge on any atom is -0.303 e. The molecule has 0 amide bonds. The van der Waals surface area contributed by atoms with Crippen molar-refractivity contribution in [2.45, 2.75) is 38.5 Å². The zero-order valence-electron chi connectivity index (χ0n) is 8.11. The van der Waals surface area contributed by atoms with Crippen molar-refractivity contribution in [1.29, 1.82) is 0 Å². The topological polar surface area (TPSA) is 17.1 Å². The lowest BCUT2D eigenvalue weighted by Crippen LogP contribution is -2.45. The van der Waals surface area contributed by atoms with Crippen LogP contribution < -0.4 is 0 Å². The molecule has 72 valence electrons. The number of carbonyl (C=O) groups excluding carboxylic acids is 1. The van der Waals surface area contributed by atoms with Crippen molar-refractivity contribution in [3.63, 3.8) is 0 Å². The Hall–Kier alpha value is -0.330. The van der Waals surface area contributed by atoms with Gasteiger partial charge >= 0.3 is 0 Å². The monoisotopic (exact) mass is 178 g/mol. The van der Waals surface area contributed by atoms with Gasteiger partial charge in [0.25, 0.3) is 0 Å². The molecule has 0 unspecified atom stereocenters. The van der Waals surface area contributed by atoms with Crippen LogP contribution in [0.25, 0.3) is 0 Å². The molecule has 0 heterocycles. The fraction of sp³-hybridized carbons (Fsp3) is 0.917. The zero-order chi connectivity index (χ0) is 8.84. The Morgan fingerprint density at radius 3 is 1.92 bits per heavy atom. The van der Waals surface area contributed by atoms with Crippen LogP contribution in [0.15, 0.2) is 0 Å². The van der Waals surface area contributed by atoms with E-state index in [1.807, 2.05) is 0 Å². The van der Waals surface area contributed by atoms with Crippen LogP contribution in [0, 0.1) is 29.6 Å². The summed E-state index contributed by atoms with van der Waals surface area (Å²) in [5.41, 5.74) is 0. The van der Waals surface area contributed by atoms with Gasteiger partial charge in [-0.1, -0.05) is 0 Å². The van der Waals surface area contributed by atoms with Crippen LogP contribution in [0.3, 0.4) is 0 Å². The molecule has 0 spiro atoms. The normalized spacial score (nSPS) is 52.5. The highest BCUT2D eigenvalue weighted by Gasteiger charge is 2.47. The van der Waals surface area contributed by atoms with Gasteiger partial charge in [-0.25, -0.2) is 0 Å². The summed E-state index contributed by atoms with van der Waals surface area (Å²) < 4.78 is 0. The lowest BCUT2D eigenvalue weighted by atomic mass is 9.51. The summed E-state index contributed by atoms with van der Waals surface area (Å²) in [5, 5.41) is 0. The molecular weight excluding hydrogens is 160 g/mol. The molecule has 4 rings (SSSR count). The van der Waals surface area contributed by atoms with Crippen LogP contribution >= 0.6 is 0 Å². The Labute approximate surface area is 79.9 Å². The lowest BCUT2D eigenvalue weighted by Gasteiger charge is -2.54. The highest BCUT2D eigenvalue weighted by atomic mass is 16.1. The third-order valence-electron chi connectivity index (χ3n) is 4.79. The Morgan fingerprint density at radius 2 is 1.46 bits per heavy atom. The smallest absolute Gasteiger partial charge is 0.120 e. The van der Waals surface area contributed by atoms with E-state index in [-0.39, 0.29) is 0 Å². The third kappa shape index (κ3) is 1.16. The number of aldehydes is 1. The second-order valence-corrected chi connectivity index (χ2v) is 5.50. The van der Waals surface area contributed by atoms with Crippen molar-refractivity contribution in [2.24, 2.45) is 29.6 Å². The fourth-order valence-corrected chi connectivity index (χ4v) is 4.53. The number of hydrogen-bond acceptors (Lipinski definition) is 1. The van der Waals surface area contributed by atoms with E-state index in [0.717, 1.165) is 42.3 Å². The van der Waals surface area contributed by atoms with Gasteiger partial charge in [-0.3, -0.25) is 0 Å². The molecule has 0 aliphatic heterocycles. The fourth-order valence-electron chi connectivity index (χ4n) is 4.53. The molecule has 4 aliphatic rings. The highest BCUT2D eigenvalue weighted by Crippen LogP contribution is 2.57. The Bertz CT molecular complexity index is 193. The molecule has 0 aromatic carbocycles. The molecule has 13 heavy (non-hydrogen) atoms. The summed E-state index contributed by atoms with van der Waals surface area (Å²) in [4.78, 5) is 10.6. The largest absolute Gasteiger partial charge is 0.303 e. The number of rotatable bonds is 2. The SMILES string of the molecule is O=CCC1C2CC3CC(C2)CC1C3. The van der Waals surface area contributed by atoms with Gasteiger partial charge < -0.3 is 4.79 Å². The highest BCUT2D eigenvalue weighted by molar-refractivity contribution is 5.50. The summed E-state index contributed by atoms with van der Waals surface area (Å²) in [5.74, 6) is 4.74. The van der Waals surface area contributed by atoms with E-state index in [9.17, 15) is 4.79 Å². The van der Waals surface area contributed by atoms with E-state index in [1.54, 1.807) is 0 Å². The van der Waals surface area contributed by atoms with E-state index in [4.69, 9.17) is 0 Å². The van der Waals surface area contributed by atoms with Gasteiger partial charge in [-0.2, -0.15) is 0 Å². The van der Waals surface area contributed by atoms with Gasteiger partial charge in [0.1, 0.15) is 6.29 Å². The van der Waals surface area contributed by atoms with E-state index in [1.165, 1.54) is 32.1 Å². The Kier molecular flexibility index (Phi) is 1.75. The summed E-state index contributed by atoms with van der Waals surface area (Å²) in [6, 6.07) is 0. The quantitative estimate of drug-likeness (QED) is 0.594. The third-order valence-corrected chi connectivity index (χ3v) is 4.79. The van der Waals surface area contributed by atoms with Crippen molar-refractivity contribution in [2.75, 3.05) is 0 Å². The molecule has 4 bridgehead atoms. The summed E-state index contributed by atoms with van der Waals surface area (Å²) in [6.07, 6.45) is 9.33. The molecule has 1 heteroatoms. The maximum absolute atomic E-state index is 10.6. The summed E-state index contributed by atoms with van der Waals surface area (Å²) >= 11 is 0. The maximum Gasteiger partial charge on any atom is 0.120 e. The maximum atomic E-state index is 10.6. The second kappa shape index (κ2) is 2.83. The molecule has 0 aromatic rings. The average Bonchev–Trinajstić information content (AvgIpc) is 2.10. The van der Waals surface area contributed by atoms with Gasteiger partial charge in [0.05, 0.1) is 0 Å². The van der Waals surface area contributed by atoms with Crippen LogP contribution in [-0.4, -0.2) is 6.29 Å². The summed E-state index contributed by atoms with van der Waals surface area (Å²) in [7, 11) is 0. The Balaban J connectivity index is 1.81. The first-order valence-electron chi connectivity index (χ1n) is 5.80. The Morgan fingerprint density at radius 1 is 0.923 bits per heavy atom. The van der Waals surface area contributed by atoms with Crippen LogP contribution in [0.2, 0.25) is 0 Å². The van der Waals surface area contributed by atoms with Crippen LogP contribution in [-0.2, 0) is 4.79 Å². The first-order chi connectivity index (χ1) is 6.36. The molecule has 0 N–H and O–H groups in total. The van der Waals surface area contributed by atoms with Crippen molar-refractivity contribution in [3.05, 3.63) is 0 Å².